The lowest BCUT2D eigenvalue weighted by Gasteiger charge is -2.11. The van der Waals surface area contributed by atoms with Gasteiger partial charge in [-0.1, -0.05) is 0 Å². The van der Waals surface area contributed by atoms with Crippen LogP contribution in [0, 0.1) is 0 Å². The molecule has 84 valence electrons. The first-order valence-electron chi connectivity index (χ1n) is 5.33. The first-order valence-corrected chi connectivity index (χ1v) is 7.01. The lowest BCUT2D eigenvalue weighted by atomic mass is 10.2. The molecule has 1 aliphatic rings. The van der Waals surface area contributed by atoms with Crippen molar-refractivity contribution in [2.24, 2.45) is 0 Å². The monoisotopic (exact) mass is 289 g/mol. The van der Waals surface area contributed by atoms with Crippen LogP contribution in [0.2, 0.25) is 0 Å². The van der Waals surface area contributed by atoms with Gasteiger partial charge in [-0.3, -0.25) is 0 Å². The number of rotatable bonds is 4. The minimum absolute atomic E-state index is 0.415. The molecule has 0 amide bonds. The summed E-state index contributed by atoms with van der Waals surface area (Å²) in [5.74, 6) is 0. The smallest absolute Gasteiger partial charge is 0.0704 e. The molecule has 1 fully saturated rings. The lowest BCUT2D eigenvalue weighted by molar-refractivity contribution is 0.0559. The van der Waals surface area contributed by atoms with E-state index in [1.54, 1.807) is 11.3 Å². The Balaban J connectivity index is 1.69. The zero-order valence-electron chi connectivity index (χ0n) is 8.83. The van der Waals surface area contributed by atoms with Crippen molar-refractivity contribution in [3.05, 3.63) is 20.8 Å². The van der Waals surface area contributed by atoms with Crippen molar-refractivity contribution >= 4 is 27.3 Å². The summed E-state index contributed by atoms with van der Waals surface area (Å²) >= 11 is 5.31. The van der Waals surface area contributed by atoms with Crippen LogP contribution in [0.1, 0.15) is 24.6 Å². The van der Waals surface area contributed by atoms with E-state index in [4.69, 9.17) is 4.74 Å². The highest BCUT2D eigenvalue weighted by Crippen LogP contribution is 2.22. The normalized spacial score (nSPS) is 26.0. The van der Waals surface area contributed by atoms with Crippen LogP contribution in [0.3, 0.4) is 0 Å². The largest absolute Gasteiger partial charge is 0.374 e. The molecule has 2 rings (SSSR count). The Morgan fingerprint density at radius 1 is 1.60 bits per heavy atom. The van der Waals surface area contributed by atoms with Crippen LogP contribution in [0.25, 0.3) is 0 Å². The van der Waals surface area contributed by atoms with Gasteiger partial charge in [0.15, 0.2) is 0 Å². The van der Waals surface area contributed by atoms with Crippen molar-refractivity contribution in [1.82, 2.24) is 5.32 Å². The molecule has 0 spiro atoms. The maximum absolute atomic E-state index is 5.74. The van der Waals surface area contributed by atoms with E-state index in [1.165, 1.54) is 22.2 Å². The Kier molecular flexibility index (Phi) is 4.20. The number of halogens is 1. The third-order valence-corrected chi connectivity index (χ3v) is 4.59. The van der Waals surface area contributed by atoms with Crippen LogP contribution in [-0.2, 0) is 11.3 Å². The molecule has 0 bridgehead atoms. The third kappa shape index (κ3) is 3.28. The number of hydrogen-bond donors (Lipinski definition) is 1. The Hall–Kier alpha value is 0.1000. The van der Waals surface area contributed by atoms with Gasteiger partial charge in [0.2, 0.25) is 0 Å². The van der Waals surface area contributed by atoms with Crippen molar-refractivity contribution in [3.63, 3.8) is 0 Å². The Morgan fingerprint density at radius 3 is 3.07 bits per heavy atom. The molecule has 0 saturated carbocycles. The second kappa shape index (κ2) is 5.43. The first kappa shape index (κ1) is 11.6. The SMILES string of the molecule is CC1CCC(CNCc2sccc2Br)O1. The molecule has 4 heteroatoms. The zero-order valence-corrected chi connectivity index (χ0v) is 11.2. The molecule has 2 nitrogen and oxygen atoms in total. The van der Waals surface area contributed by atoms with E-state index in [-0.39, 0.29) is 0 Å². The van der Waals surface area contributed by atoms with Gasteiger partial charge in [-0.25, -0.2) is 0 Å². The summed E-state index contributed by atoms with van der Waals surface area (Å²) < 4.78 is 6.95. The van der Waals surface area contributed by atoms with Crippen molar-refractivity contribution < 1.29 is 4.74 Å². The van der Waals surface area contributed by atoms with E-state index in [0.717, 1.165) is 13.1 Å². The standard InChI is InChI=1S/C11H16BrNOS/c1-8-2-3-9(14-8)6-13-7-11-10(12)4-5-15-11/h4-5,8-9,13H,2-3,6-7H2,1H3. The van der Waals surface area contributed by atoms with Gasteiger partial charge in [-0.15, -0.1) is 11.3 Å². The fourth-order valence-electron chi connectivity index (χ4n) is 1.83. The fourth-order valence-corrected chi connectivity index (χ4v) is 3.30. The predicted molar refractivity (Wildman–Crippen MR) is 67.3 cm³/mol. The van der Waals surface area contributed by atoms with Crippen molar-refractivity contribution in [3.8, 4) is 0 Å². The van der Waals surface area contributed by atoms with Crippen LogP contribution in [0.4, 0.5) is 0 Å². The van der Waals surface area contributed by atoms with Crippen LogP contribution in [0.15, 0.2) is 15.9 Å². The molecule has 2 unspecified atom stereocenters. The van der Waals surface area contributed by atoms with Crippen molar-refractivity contribution in [2.75, 3.05) is 6.54 Å². The molecule has 2 atom stereocenters. The van der Waals surface area contributed by atoms with E-state index in [1.807, 2.05) is 0 Å². The van der Waals surface area contributed by atoms with Gasteiger partial charge in [-0.05, 0) is 47.1 Å². The van der Waals surface area contributed by atoms with Gasteiger partial charge < -0.3 is 10.1 Å². The van der Waals surface area contributed by atoms with Crippen molar-refractivity contribution in [2.45, 2.75) is 38.5 Å². The van der Waals surface area contributed by atoms with Gasteiger partial charge in [-0.2, -0.15) is 0 Å². The average Bonchev–Trinajstić information content (AvgIpc) is 2.77. The topological polar surface area (TPSA) is 21.3 Å². The second-order valence-electron chi connectivity index (χ2n) is 3.97. The summed E-state index contributed by atoms with van der Waals surface area (Å²) in [4.78, 5) is 1.36. The quantitative estimate of drug-likeness (QED) is 0.919. The highest BCUT2D eigenvalue weighted by molar-refractivity contribution is 9.10. The van der Waals surface area contributed by atoms with Gasteiger partial charge in [0, 0.05) is 22.4 Å². The molecule has 1 aliphatic heterocycles. The average molecular weight is 290 g/mol. The molecule has 0 aromatic carbocycles. The summed E-state index contributed by atoms with van der Waals surface area (Å²) in [6.07, 6.45) is 3.26. The third-order valence-electron chi connectivity index (χ3n) is 2.67. The second-order valence-corrected chi connectivity index (χ2v) is 5.82. The lowest BCUT2D eigenvalue weighted by Crippen LogP contribution is -2.26. The summed E-state index contributed by atoms with van der Waals surface area (Å²) in [6.45, 7) is 4.05. The molecule has 1 N–H and O–H groups in total. The number of thiophene rings is 1. The molecule has 1 saturated heterocycles. The predicted octanol–water partition coefficient (Wildman–Crippen LogP) is 3.17. The van der Waals surface area contributed by atoms with Crippen molar-refractivity contribution in [1.29, 1.82) is 0 Å². The number of nitrogens with one attached hydrogen (secondary N) is 1. The maximum atomic E-state index is 5.74. The van der Waals surface area contributed by atoms with Gasteiger partial charge in [0.1, 0.15) is 0 Å². The van der Waals surface area contributed by atoms with Gasteiger partial charge in [0.05, 0.1) is 12.2 Å². The summed E-state index contributed by atoms with van der Waals surface area (Å²) in [7, 11) is 0. The summed E-state index contributed by atoms with van der Waals surface area (Å²) in [5.41, 5.74) is 0. The number of ether oxygens (including phenoxy) is 1. The Labute approximate surface area is 103 Å². The van der Waals surface area contributed by atoms with E-state index in [0.29, 0.717) is 12.2 Å². The minimum Gasteiger partial charge on any atom is -0.374 e. The number of hydrogen-bond acceptors (Lipinski definition) is 3. The van der Waals surface area contributed by atoms with Crippen LogP contribution in [0.5, 0.6) is 0 Å². The fraction of sp³-hybridized carbons (Fsp3) is 0.636. The molecule has 0 aliphatic carbocycles. The van der Waals surface area contributed by atoms with E-state index < -0.39 is 0 Å². The van der Waals surface area contributed by atoms with Crippen LogP contribution >= 0.6 is 27.3 Å². The molecular weight excluding hydrogens is 274 g/mol. The molecule has 0 radical (unpaired) electrons. The maximum Gasteiger partial charge on any atom is 0.0704 e. The van der Waals surface area contributed by atoms with Gasteiger partial charge >= 0.3 is 0 Å². The van der Waals surface area contributed by atoms with Crippen LogP contribution in [-0.4, -0.2) is 18.8 Å². The Bertz CT molecular complexity index is 315. The summed E-state index contributed by atoms with van der Waals surface area (Å²) in [6, 6.07) is 2.09. The van der Waals surface area contributed by atoms with Gasteiger partial charge in [0.25, 0.3) is 0 Å². The highest BCUT2D eigenvalue weighted by atomic mass is 79.9. The van der Waals surface area contributed by atoms with E-state index >= 15 is 0 Å². The zero-order chi connectivity index (χ0) is 10.7. The molecule has 15 heavy (non-hydrogen) atoms. The van der Waals surface area contributed by atoms with Crippen LogP contribution < -0.4 is 5.32 Å². The molecular formula is C11H16BrNOS. The van der Waals surface area contributed by atoms with E-state index in [9.17, 15) is 0 Å². The van der Waals surface area contributed by atoms with E-state index in [2.05, 4.69) is 39.6 Å². The minimum atomic E-state index is 0.415. The molecule has 1 aromatic heterocycles. The Morgan fingerprint density at radius 2 is 2.47 bits per heavy atom. The first-order chi connectivity index (χ1) is 7.25. The molecule has 2 heterocycles. The highest BCUT2D eigenvalue weighted by Gasteiger charge is 2.20. The molecule has 1 aromatic rings. The summed E-state index contributed by atoms with van der Waals surface area (Å²) in [5, 5.41) is 5.55.